The minimum atomic E-state index is -0.0434. The smallest absolute Gasteiger partial charge is 0.258 e. The second-order valence-electron chi connectivity index (χ2n) is 7.47. The van der Waals surface area contributed by atoms with Gasteiger partial charge in [0, 0.05) is 67.2 Å². The summed E-state index contributed by atoms with van der Waals surface area (Å²) in [6.07, 6.45) is 8.95. The number of likely N-dealkylation sites (tertiary alicyclic amines) is 1. The van der Waals surface area contributed by atoms with Crippen LogP contribution in [0.5, 0.6) is 0 Å². The van der Waals surface area contributed by atoms with Gasteiger partial charge >= 0.3 is 0 Å². The summed E-state index contributed by atoms with van der Waals surface area (Å²) in [5.41, 5.74) is 3.05. The van der Waals surface area contributed by atoms with Crippen LogP contribution in [-0.2, 0) is 6.54 Å². The molecule has 3 aromatic rings. The zero-order valence-corrected chi connectivity index (χ0v) is 15.2. The Morgan fingerprint density at radius 1 is 1.00 bits per heavy atom. The lowest BCUT2D eigenvalue weighted by Gasteiger charge is -2.42. The SMILES string of the molecule is O=C(c1cncnc1)N1C[C@@H]2C[C@H](C1)c1ccc(-c3cccnc3)c(=O)n1C2. The molecule has 2 bridgehead atoms. The summed E-state index contributed by atoms with van der Waals surface area (Å²) in [5, 5.41) is 0. The molecule has 0 radical (unpaired) electrons. The Morgan fingerprint density at radius 2 is 1.86 bits per heavy atom. The van der Waals surface area contributed by atoms with E-state index in [1.165, 1.54) is 6.33 Å². The molecule has 0 spiro atoms. The molecule has 5 heterocycles. The summed E-state index contributed by atoms with van der Waals surface area (Å²) in [6, 6.07) is 7.66. The van der Waals surface area contributed by atoms with E-state index in [0.29, 0.717) is 30.8 Å². The molecule has 2 atom stereocenters. The molecule has 0 aliphatic carbocycles. The van der Waals surface area contributed by atoms with Gasteiger partial charge in [-0.3, -0.25) is 14.6 Å². The molecule has 0 N–H and O–H groups in total. The number of carbonyl (C=O) groups is 1. The van der Waals surface area contributed by atoms with Crippen molar-refractivity contribution in [1.29, 1.82) is 0 Å². The molecule has 1 fully saturated rings. The van der Waals surface area contributed by atoms with E-state index in [1.54, 1.807) is 24.8 Å². The highest BCUT2D eigenvalue weighted by Gasteiger charge is 2.37. The van der Waals surface area contributed by atoms with Gasteiger partial charge in [0.2, 0.25) is 0 Å². The minimum Gasteiger partial charge on any atom is -0.338 e. The standard InChI is InChI=1S/C21H19N5O2/c27-20(17-8-23-13-24-9-17)25-10-14-6-16(12-25)19-4-3-18(21(28)26(19)11-14)15-2-1-5-22-7-15/h1-5,7-9,13-14,16H,6,10-12H2/t14-,16+/m0/s1. The Bertz CT molecular complexity index is 1080. The quantitative estimate of drug-likeness (QED) is 0.686. The molecule has 140 valence electrons. The summed E-state index contributed by atoms with van der Waals surface area (Å²) in [5.74, 6) is 0.386. The Labute approximate surface area is 161 Å². The van der Waals surface area contributed by atoms with E-state index in [-0.39, 0.29) is 23.3 Å². The van der Waals surface area contributed by atoms with E-state index in [1.807, 2.05) is 33.7 Å². The molecule has 2 aliphatic rings. The van der Waals surface area contributed by atoms with E-state index < -0.39 is 0 Å². The summed E-state index contributed by atoms with van der Waals surface area (Å²) < 4.78 is 1.90. The molecule has 0 unspecified atom stereocenters. The highest BCUT2D eigenvalue weighted by Crippen LogP contribution is 2.36. The zero-order valence-electron chi connectivity index (χ0n) is 15.2. The number of rotatable bonds is 2. The largest absolute Gasteiger partial charge is 0.338 e. The van der Waals surface area contributed by atoms with Crippen molar-refractivity contribution >= 4 is 5.91 Å². The third-order valence-electron chi connectivity index (χ3n) is 5.67. The summed E-state index contributed by atoms with van der Waals surface area (Å²) in [4.78, 5) is 39.8. The predicted molar refractivity (Wildman–Crippen MR) is 103 cm³/mol. The Hall–Kier alpha value is -3.35. The number of amides is 1. The van der Waals surface area contributed by atoms with Gasteiger partial charge in [-0.05, 0) is 30.5 Å². The van der Waals surface area contributed by atoms with Gasteiger partial charge in [-0.2, -0.15) is 0 Å². The topological polar surface area (TPSA) is 81.0 Å². The molecular weight excluding hydrogens is 354 g/mol. The highest BCUT2D eigenvalue weighted by molar-refractivity contribution is 5.93. The van der Waals surface area contributed by atoms with Gasteiger partial charge in [0.15, 0.2) is 0 Å². The number of carbonyl (C=O) groups excluding carboxylic acids is 1. The molecule has 0 aromatic carbocycles. The number of hydrogen-bond donors (Lipinski definition) is 0. The van der Waals surface area contributed by atoms with Crippen molar-refractivity contribution in [3.63, 3.8) is 0 Å². The van der Waals surface area contributed by atoms with Crippen LogP contribution in [0.3, 0.4) is 0 Å². The zero-order chi connectivity index (χ0) is 19.1. The summed E-state index contributed by atoms with van der Waals surface area (Å²) in [7, 11) is 0. The summed E-state index contributed by atoms with van der Waals surface area (Å²) >= 11 is 0. The number of hydrogen-bond acceptors (Lipinski definition) is 5. The third-order valence-corrected chi connectivity index (χ3v) is 5.67. The van der Waals surface area contributed by atoms with Crippen LogP contribution in [0.1, 0.15) is 28.4 Å². The second-order valence-corrected chi connectivity index (χ2v) is 7.47. The molecule has 7 nitrogen and oxygen atoms in total. The van der Waals surface area contributed by atoms with E-state index in [2.05, 4.69) is 15.0 Å². The minimum absolute atomic E-state index is 0.0245. The van der Waals surface area contributed by atoms with Crippen LogP contribution in [0.15, 0.2) is 60.2 Å². The average Bonchev–Trinajstić information content (AvgIpc) is 2.75. The van der Waals surface area contributed by atoms with Gasteiger partial charge in [0.25, 0.3) is 11.5 Å². The fraction of sp³-hybridized carbons (Fsp3) is 0.286. The highest BCUT2D eigenvalue weighted by atomic mass is 16.2. The lowest BCUT2D eigenvalue weighted by Crippen LogP contribution is -2.49. The van der Waals surface area contributed by atoms with Crippen molar-refractivity contribution in [2.75, 3.05) is 13.1 Å². The van der Waals surface area contributed by atoms with E-state index in [0.717, 1.165) is 17.7 Å². The number of aromatic nitrogens is 4. The monoisotopic (exact) mass is 373 g/mol. The van der Waals surface area contributed by atoms with Gasteiger partial charge in [0.05, 0.1) is 5.56 Å². The van der Waals surface area contributed by atoms with E-state index >= 15 is 0 Å². The summed E-state index contributed by atoms with van der Waals surface area (Å²) in [6.45, 7) is 1.89. The van der Waals surface area contributed by atoms with E-state index in [9.17, 15) is 9.59 Å². The van der Waals surface area contributed by atoms with Crippen LogP contribution in [0.25, 0.3) is 11.1 Å². The molecule has 0 saturated carbocycles. The third kappa shape index (κ3) is 2.79. The second kappa shape index (κ2) is 6.67. The molecule has 28 heavy (non-hydrogen) atoms. The maximum atomic E-state index is 13.1. The van der Waals surface area contributed by atoms with Crippen LogP contribution in [-0.4, -0.2) is 43.4 Å². The Kier molecular flexibility index (Phi) is 4.00. The Morgan fingerprint density at radius 3 is 2.64 bits per heavy atom. The number of pyridine rings is 2. The fourth-order valence-electron chi connectivity index (χ4n) is 4.45. The molecular formula is C21H19N5O2. The maximum Gasteiger partial charge on any atom is 0.258 e. The fourth-order valence-corrected chi connectivity index (χ4v) is 4.45. The predicted octanol–water partition coefficient (Wildman–Crippen LogP) is 1.96. The van der Waals surface area contributed by atoms with Crippen LogP contribution >= 0.6 is 0 Å². The normalized spacial score (nSPS) is 20.5. The van der Waals surface area contributed by atoms with Gasteiger partial charge < -0.3 is 9.47 Å². The molecule has 5 rings (SSSR count). The van der Waals surface area contributed by atoms with Crippen molar-refractivity contribution in [3.05, 3.63) is 77.0 Å². The van der Waals surface area contributed by atoms with E-state index in [4.69, 9.17) is 0 Å². The van der Waals surface area contributed by atoms with Gasteiger partial charge in [-0.15, -0.1) is 0 Å². The first-order valence-corrected chi connectivity index (χ1v) is 9.39. The van der Waals surface area contributed by atoms with Crippen molar-refractivity contribution < 1.29 is 4.79 Å². The maximum absolute atomic E-state index is 13.1. The molecule has 7 heteroatoms. The van der Waals surface area contributed by atoms with Crippen molar-refractivity contribution in [1.82, 2.24) is 24.4 Å². The van der Waals surface area contributed by atoms with Gasteiger partial charge in [-0.25, -0.2) is 9.97 Å². The lowest BCUT2D eigenvalue weighted by molar-refractivity contribution is 0.0594. The van der Waals surface area contributed by atoms with Crippen molar-refractivity contribution in [2.45, 2.75) is 18.9 Å². The molecule has 2 aliphatic heterocycles. The first-order valence-electron chi connectivity index (χ1n) is 9.39. The Balaban J connectivity index is 1.47. The van der Waals surface area contributed by atoms with Crippen LogP contribution in [0, 0.1) is 5.92 Å². The average molecular weight is 373 g/mol. The molecule has 1 amide bonds. The van der Waals surface area contributed by atoms with Crippen LogP contribution in [0.2, 0.25) is 0 Å². The molecule has 1 saturated heterocycles. The van der Waals surface area contributed by atoms with Crippen LogP contribution in [0.4, 0.5) is 0 Å². The first-order chi connectivity index (χ1) is 13.7. The number of fused-ring (bicyclic) bond motifs is 4. The number of piperidine rings is 1. The lowest BCUT2D eigenvalue weighted by atomic mass is 9.82. The van der Waals surface area contributed by atoms with Crippen molar-refractivity contribution in [2.24, 2.45) is 5.92 Å². The molecule has 3 aromatic heterocycles. The van der Waals surface area contributed by atoms with Crippen LogP contribution < -0.4 is 5.56 Å². The van der Waals surface area contributed by atoms with Crippen molar-refractivity contribution in [3.8, 4) is 11.1 Å². The van der Waals surface area contributed by atoms with Gasteiger partial charge in [0.1, 0.15) is 6.33 Å². The number of nitrogens with zero attached hydrogens (tertiary/aromatic N) is 5. The van der Waals surface area contributed by atoms with Gasteiger partial charge in [-0.1, -0.05) is 6.07 Å². The first kappa shape index (κ1) is 16.8.